The van der Waals surface area contributed by atoms with Gasteiger partial charge in [0, 0.05) is 25.6 Å². The second-order valence-electron chi connectivity index (χ2n) is 6.57. The summed E-state index contributed by atoms with van der Waals surface area (Å²) in [5, 5.41) is 0. The Kier molecular flexibility index (Phi) is 3.41. The highest BCUT2D eigenvalue weighted by Gasteiger charge is 2.52. The van der Waals surface area contributed by atoms with Crippen LogP contribution in [0, 0.1) is 0 Å². The van der Waals surface area contributed by atoms with E-state index in [2.05, 4.69) is 12.1 Å². The molecule has 0 fully saturated rings. The lowest BCUT2D eigenvalue weighted by Crippen LogP contribution is -2.51. The molecule has 2 aromatic rings. The van der Waals surface area contributed by atoms with Crippen LogP contribution in [0.1, 0.15) is 23.6 Å². The van der Waals surface area contributed by atoms with E-state index in [0.29, 0.717) is 18.9 Å². The van der Waals surface area contributed by atoms with Gasteiger partial charge >= 0.3 is 0 Å². The largest absolute Gasteiger partial charge is 0.471 e. The van der Waals surface area contributed by atoms with Crippen LogP contribution >= 0.6 is 0 Å². The molecule has 2 aliphatic rings. The minimum absolute atomic E-state index is 0.0251. The Morgan fingerprint density at radius 3 is 2.50 bits per heavy atom. The Balaban J connectivity index is 1.83. The van der Waals surface area contributed by atoms with Crippen molar-refractivity contribution in [1.29, 1.82) is 0 Å². The van der Waals surface area contributed by atoms with Crippen LogP contribution in [0.3, 0.4) is 0 Å². The van der Waals surface area contributed by atoms with Crippen molar-refractivity contribution in [2.75, 3.05) is 7.05 Å². The van der Waals surface area contributed by atoms with Crippen LogP contribution in [-0.4, -0.2) is 35.4 Å². The van der Waals surface area contributed by atoms with Crippen LogP contribution in [0.25, 0.3) is 0 Å². The number of rotatable bonds is 1. The molecule has 4 heteroatoms. The van der Waals surface area contributed by atoms with E-state index in [-0.39, 0.29) is 12.0 Å². The lowest BCUT2D eigenvalue weighted by molar-refractivity contribution is -0.137. The maximum Gasteiger partial charge on any atom is 0.254 e. The number of fused-ring (bicyclic) bond motifs is 1. The minimum atomic E-state index is -0.882. The lowest BCUT2D eigenvalue weighted by atomic mass is 9.86. The summed E-state index contributed by atoms with van der Waals surface area (Å²) in [5.41, 5.74) is 2.38. The van der Waals surface area contributed by atoms with Gasteiger partial charge in [-0.15, -0.1) is 0 Å². The molecular formula is C20H20N2O2. The van der Waals surface area contributed by atoms with Crippen molar-refractivity contribution >= 4 is 11.8 Å². The molecule has 1 unspecified atom stereocenters. The quantitative estimate of drug-likeness (QED) is 0.811. The Hall–Kier alpha value is -2.62. The van der Waals surface area contributed by atoms with Gasteiger partial charge in [-0.05, 0) is 30.2 Å². The number of aliphatic imine (C=N–C) groups is 1. The van der Waals surface area contributed by atoms with E-state index >= 15 is 0 Å². The maximum absolute atomic E-state index is 13.2. The molecule has 4 rings (SSSR count). The van der Waals surface area contributed by atoms with Crippen LogP contribution in [0.4, 0.5) is 0 Å². The fourth-order valence-electron chi connectivity index (χ4n) is 3.59. The van der Waals surface area contributed by atoms with Crippen molar-refractivity contribution < 1.29 is 9.53 Å². The van der Waals surface area contributed by atoms with Crippen molar-refractivity contribution in [3.8, 4) is 0 Å². The molecule has 0 saturated heterocycles. The molecule has 0 radical (unpaired) electrons. The Morgan fingerprint density at radius 1 is 1.08 bits per heavy atom. The second kappa shape index (κ2) is 5.48. The molecule has 2 atom stereocenters. The average molecular weight is 320 g/mol. The molecule has 122 valence electrons. The molecule has 2 aromatic carbocycles. The van der Waals surface area contributed by atoms with E-state index in [0.717, 1.165) is 5.56 Å². The van der Waals surface area contributed by atoms with Gasteiger partial charge in [-0.2, -0.15) is 0 Å². The topological polar surface area (TPSA) is 41.9 Å². The minimum Gasteiger partial charge on any atom is -0.471 e. The Labute approximate surface area is 141 Å². The third-order valence-electron chi connectivity index (χ3n) is 4.99. The van der Waals surface area contributed by atoms with Crippen molar-refractivity contribution in [1.82, 2.24) is 4.90 Å². The molecule has 0 aliphatic carbocycles. The van der Waals surface area contributed by atoms with Gasteiger partial charge in [0.2, 0.25) is 5.90 Å². The summed E-state index contributed by atoms with van der Waals surface area (Å²) in [4.78, 5) is 19.8. The summed E-state index contributed by atoms with van der Waals surface area (Å²) < 4.78 is 6.03. The number of amides is 1. The number of hydrogen-bond donors (Lipinski definition) is 0. The first-order valence-electron chi connectivity index (χ1n) is 8.24. The molecule has 4 nitrogen and oxygen atoms in total. The fraction of sp³-hybridized carbons (Fsp3) is 0.300. The predicted octanol–water partition coefficient (Wildman–Crippen LogP) is 2.81. The fourth-order valence-corrected chi connectivity index (χ4v) is 3.59. The number of benzene rings is 2. The zero-order valence-electron chi connectivity index (χ0n) is 13.9. The van der Waals surface area contributed by atoms with Crippen molar-refractivity contribution in [3.63, 3.8) is 0 Å². The van der Waals surface area contributed by atoms with E-state index in [1.165, 1.54) is 11.1 Å². The van der Waals surface area contributed by atoms with Crippen LogP contribution in [-0.2, 0) is 22.5 Å². The number of carbonyl (C=O) groups excluding carboxylic acids is 1. The zero-order valence-corrected chi connectivity index (χ0v) is 13.9. The third kappa shape index (κ3) is 2.21. The van der Waals surface area contributed by atoms with Crippen LogP contribution < -0.4 is 0 Å². The molecule has 1 spiro atoms. The van der Waals surface area contributed by atoms with E-state index in [1.807, 2.05) is 56.4 Å². The molecule has 0 N–H and O–H groups in total. The van der Waals surface area contributed by atoms with Crippen molar-refractivity contribution in [2.45, 2.75) is 31.5 Å². The monoisotopic (exact) mass is 320 g/mol. The van der Waals surface area contributed by atoms with Gasteiger partial charge in [0.15, 0.2) is 5.54 Å². The molecule has 1 amide bonds. The van der Waals surface area contributed by atoms with Crippen molar-refractivity contribution in [3.05, 3.63) is 71.3 Å². The standard InChI is InChI=1S/C20H20N2O2/c1-14-20(21-18(24-14)15-8-4-3-5-9-15)12-16-10-6-7-11-17(16)13-22(2)19(20)23/h3-11,14H,12-13H2,1-2H3/t14?,20-/m0/s1. The number of nitrogens with zero attached hydrogens (tertiary/aromatic N) is 2. The molecule has 2 heterocycles. The van der Waals surface area contributed by atoms with E-state index in [1.54, 1.807) is 4.90 Å². The van der Waals surface area contributed by atoms with Crippen molar-refractivity contribution in [2.24, 2.45) is 4.99 Å². The first-order chi connectivity index (χ1) is 11.6. The number of likely N-dealkylation sites (N-methyl/N-ethyl adjacent to an activating group) is 1. The number of ether oxygens (including phenoxy) is 1. The SMILES string of the molecule is CC1OC(c2ccccc2)=N[C@@]12Cc1ccccc1CN(C)C2=O. The summed E-state index contributed by atoms with van der Waals surface area (Å²) in [6.07, 6.45) is 0.276. The van der Waals surface area contributed by atoms with E-state index in [4.69, 9.17) is 9.73 Å². The normalized spacial score (nSPS) is 25.9. The number of carbonyl (C=O) groups is 1. The first kappa shape index (κ1) is 14.9. The highest BCUT2D eigenvalue weighted by atomic mass is 16.5. The summed E-state index contributed by atoms with van der Waals surface area (Å²) in [6.45, 7) is 2.55. The Bertz CT molecular complexity index is 815. The summed E-state index contributed by atoms with van der Waals surface area (Å²) in [7, 11) is 1.84. The zero-order chi connectivity index (χ0) is 16.7. The lowest BCUT2D eigenvalue weighted by Gasteiger charge is -2.29. The maximum atomic E-state index is 13.2. The van der Waals surface area contributed by atoms with Gasteiger partial charge in [0.25, 0.3) is 5.91 Å². The van der Waals surface area contributed by atoms with E-state index < -0.39 is 5.54 Å². The van der Waals surface area contributed by atoms with Gasteiger partial charge in [-0.3, -0.25) is 4.79 Å². The second-order valence-corrected chi connectivity index (χ2v) is 6.57. The van der Waals surface area contributed by atoms with Gasteiger partial charge in [-0.1, -0.05) is 42.5 Å². The predicted molar refractivity (Wildman–Crippen MR) is 92.9 cm³/mol. The highest BCUT2D eigenvalue weighted by Crippen LogP contribution is 2.36. The average Bonchev–Trinajstić information content (AvgIpc) is 2.89. The van der Waals surface area contributed by atoms with Crippen LogP contribution in [0.2, 0.25) is 0 Å². The molecule has 24 heavy (non-hydrogen) atoms. The molecule has 0 bridgehead atoms. The first-order valence-corrected chi connectivity index (χ1v) is 8.24. The van der Waals surface area contributed by atoms with Crippen LogP contribution in [0.15, 0.2) is 59.6 Å². The Morgan fingerprint density at radius 2 is 1.75 bits per heavy atom. The smallest absolute Gasteiger partial charge is 0.254 e. The molecule has 2 aliphatic heterocycles. The van der Waals surface area contributed by atoms with E-state index in [9.17, 15) is 4.79 Å². The van der Waals surface area contributed by atoms with Gasteiger partial charge in [0.05, 0.1) is 0 Å². The number of hydrogen-bond acceptors (Lipinski definition) is 3. The third-order valence-corrected chi connectivity index (χ3v) is 4.99. The summed E-state index contributed by atoms with van der Waals surface area (Å²) >= 11 is 0. The van der Waals surface area contributed by atoms with Gasteiger partial charge in [0.1, 0.15) is 6.10 Å². The highest BCUT2D eigenvalue weighted by molar-refractivity contribution is 6.01. The van der Waals surface area contributed by atoms with Crippen LogP contribution in [0.5, 0.6) is 0 Å². The summed E-state index contributed by atoms with van der Waals surface area (Å²) in [6, 6.07) is 18.0. The summed E-state index contributed by atoms with van der Waals surface area (Å²) in [5.74, 6) is 0.585. The molecular weight excluding hydrogens is 300 g/mol. The molecule has 0 aromatic heterocycles. The van der Waals surface area contributed by atoms with Gasteiger partial charge in [-0.25, -0.2) is 4.99 Å². The van der Waals surface area contributed by atoms with Gasteiger partial charge < -0.3 is 9.64 Å². The molecule has 0 saturated carbocycles.